The largest absolute Gasteiger partial charge is 0.395 e. The summed E-state index contributed by atoms with van der Waals surface area (Å²) < 4.78 is 3.00. The molecule has 10 heteroatoms. The number of aromatic nitrogens is 5. The first kappa shape index (κ1) is 29.9. The number of nitrogens with zero attached hydrogens (tertiary/aromatic N) is 6. The van der Waals surface area contributed by atoms with Crippen molar-refractivity contribution in [2.75, 3.05) is 18.1 Å². The van der Waals surface area contributed by atoms with Crippen molar-refractivity contribution in [3.8, 4) is 5.69 Å². The number of aliphatic hydroxyl groups is 2. The maximum atomic E-state index is 13.7. The predicted molar refractivity (Wildman–Crippen MR) is 172 cm³/mol. The average Bonchev–Trinajstić information content (AvgIpc) is 3.61. The standard InChI is InChI=1S/C35H34N6O4/c1-3-18-40-32-17-16-27(41-33(43)28-15-8-7-14-26(28)21-36-41)20-30(32)35(45,34(40)44)24(2)11-9-10-19-39-22-31(37-38-39)29(23-42)25-12-5-4-6-13-25/h3-9,11-17,20-22,24,29,42,45H,1,10,18-19,23H2,2H3/b11-9+/t24-,29?,35+/m1/s1. The van der Waals surface area contributed by atoms with Crippen LogP contribution in [-0.4, -0.2) is 54.0 Å². The molecule has 3 heterocycles. The molecule has 2 N–H and O–H groups in total. The Bertz CT molecular complexity index is 1950. The summed E-state index contributed by atoms with van der Waals surface area (Å²) in [6.07, 6.45) is 9.37. The summed E-state index contributed by atoms with van der Waals surface area (Å²) in [6.45, 7) is 6.25. The zero-order chi connectivity index (χ0) is 31.6. The minimum Gasteiger partial charge on any atom is -0.395 e. The Hall–Kier alpha value is -5.19. The minimum absolute atomic E-state index is 0.0790. The lowest BCUT2D eigenvalue weighted by molar-refractivity contribution is -0.139. The van der Waals surface area contributed by atoms with Crippen molar-refractivity contribution < 1.29 is 15.0 Å². The van der Waals surface area contributed by atoms with E-state index in [1.165, 1.54) is 9.58 Å². The van der Waals surface area contributed by atoms with Gasteiger partial charge in [0.1, 0.15) is 0 Å². The highest BCUT2D eigenvalue weighted by atomic mass is 16.3. The van der Waals surface area contributed by atoms with E-state index in [0.29, 0.717) is 41.0 Å². The molecular formula is C35H34N6O4. The van der Waals surface area contributed by atoms with E-state index >= 15 is 0 Å². The summed E-state index contributed by atoms with van der Waals surface area (Å²) in [7, 11) is 0. The van der Waals surface area contributed by atoms with Gasteiger partial charge in [-0.25, -0.2) is 0 Å². The number of aliphatic hydroxyl groups excluding tert-OH is 1. The van der Waals surface area contributed by atoms with Crippen molar-refractivity contribution >= 4 is 22.4 Å². The van der Waals surface area contributed by atoms with Crippen LogP contribution < -0.4 is 10.5 Å². The van der Waals surface area contributed by atoms with E-state index in [4.69, 9.17) is 0 Å². The van der Waals surface area contributed by atoms with Crippen LogP contribution >= 0.6 is 0 Å². The molecule has 228 valence electrons. The zero-order valence-corrected chi connectivity index (χ0v) is 24.9. The second-order valence-electron chi connectivity index (χ2n) is 11.2. The van der Waals surface area contributed by atoms with Crippen LogP contribution in [0.1, 0.15) is 36.1 Å². The molecular weight excluding hydrogens is 568 g/mol. The van der Waals surface area contributed by atoms with Gasteiger partial charge in [-0.1, -0.05) is 78.9 Å². The molecule has 1 amide bonds. The number of benzene rings is 3. The lowest BCUT2D eigenvalue weighted by atomic mass is 9.82. The summed E-state index contributed by atoms with van der Waals surface area (Å²) in [6, 6.07) is 22.0. The molecule has 1 aliphatic heterocycles. The van der Waals surface area contributed by atoms with Gasteiger partial charge >= 0.3 is 0 Å². The monoisotopic (exact) mass is 602 g/mol. The Morgan fingerprint density at radius 2 is 1.82 bits per heavy atom. The van der Waals surface area contributed by atoms with Crippen LogP contribution in [0.4, 0.5) is 5.69 Å². The number of fused-ring (bicyclic) bond motifs is 2. The zero-order valence-electron chi connectivity index (χ0n) is 24.9. The first-order valence-electron chi connectivity index (χ1n) is 14.9. The van der Waals surface area contributed by atoms with E-state index in [1.807, 2.05) is 60.8 Å². The second-order valence-corrected chi connectivity index (χ2v) is 11.2. The number of hydrogen-bond acceptors (Lipinski definition) is 7. The number of aryl methyl sites for hydroxylation is 1. The Morgan fingerprint density at radius 1 is 1.04 bits per heavy atom. The Balaban J connectivity index is 1.23. The van der Waals surface area contributed by atoms with Crippen LogP contribution in [0.3, 0.4) is 0 Å². The van der Waals surface area contributed by atoms with Gasteiger partial charge in [-0.3, -0.25) is 14.3 Å². The van der Waals surface area contributed by atoms with Gasteiger partial charge in [0.2, 0.25) is 0 Å². The van der Waals surface area contributed by atoms with Crippen LogP contribution in [0.5, 0.6) is 0 Å². The third-order valence-electron chi connectivity index (χ3n) is 8.41. The Labute approximate surface area is 260 Å². The van der Waals surface area contributed by atoms with Gasteiger partial charge in [0.15, 0.2) is 5.60 Å². The number of hydrogen-bond donors (Lipinski definition) is 2. The summed E-state index contributed by atoms with van der Waals surface area (Å²) in [4.78, 5) is 28.5. The highest BCUT2D eigenvalue weighted by Crippen LogP contribution is 2.46. The molecule has 3 atom stereocenters. The van der Waals surface area contributed by atoms with E-state index < -0.39 is 17.4 Å². The van der Waals surface area contributed by atoms with Gasteiger partial charge in [0, 0.05) is 36.2 Å². The van der Waals surface area contributed by atoms with E-state index in [9.17, 15) is 19.8 Å². The molecule has 45 heavy (non-hydrogen) atoms. The van der Waals surface area contributed by atoms with Crippen molar-refractivity contribution in [3.63, 3.8) is 0 Å². The smallest absolute Gasteiger partial charge is 0.279 e. The third-order valence-corrected chi connectivity index (χ3v) is 8.41. The topological polar surface area (TPSA) is 126 Å². The maximum Gasteiger partial charge on any atom is 0.279 e. The van der Waals surface area contributed by atoms with Crippen LogP contribution in [0, 0.1) is 5.92 Å². The molecule has 0 aliphatic carbocycles. The molecule has 1 unspecified atom stereocenters. The lowest BCUT2D eigenvalue weighted by Gasteiger charge is -2.27. The molecule has 0 spiro atoms. The normalized spacial score (nSPS) is 17.6. The molecule has 0 radical (unpaired) electrons. The summed E-state index contributed by atoms with van der Waals surface area (Å²) in [5, 5.41) is 36.1. The first-order valence-corrected chi connectivity index (χ1v) is 14.9. The molecule has 0 saturated heterocycles. The van der Waals surface area contributed by atoms with Crippen LogP contribution in [-0.2, 0) is 16.9 Å². The molecule has 0 saturated carbocycles. The van der Waals surface area contributed by atoms with Crippen LogP contribution in [0.2, 0.25) is 0 Å². The SMILES string of the molecule is C=CCN1C(=O)[C@](O)([C@H](C)/C=C/CCn2cc(C(CO)c3ccccc3)nn2)c2cc(-n3ncc4ccccc4c3=O)ccc21. The lowest BCUT2D eigenvalue weighted by Crippen LogP contribution is -2.44. The summed E-state index contributed by atoms with van der Waals surface area (Å²) in [5.41, 5.74) is 0.908. The molecule has 2 aromatic heterocycles. The van der Waals surface area contributed by atoms with E-state index in [-0.39, 0.29) is 24.6 Å². The summed E-state index contributed by atoms with van der Waals surface area (Å²) >= 11 is 0. The molecule has 0 bridgehead atoms. The van der Waals surface area contributed by atoms with Gasteiger partial charge in [-0.05, 0) is 36.2 Å². The third kappa shape index (κ3) is 5.39. The highest BCUT2D eigenvalue weighted by molar-refractivity contribution is 6.07. The fourth-order valence-electron chi connectivity index (χ4n) is 5.94. The van der Waals surface area contributed by atoms with E-state index in [0.717, 1.165) is 10.9 Å². The first-order chi connectivity index (χ1) is 21.9. The molecule has 0 fully saturated rings. The predicted octanol–water partition coefficient (Wildman–Crippen LogP) is 4.10. The van der Waals surface area contributed by atoms with Crippen LogP contribution in [0.25, 0.3) is 16.5 Å². The molecule has 1 aliphatic rings. The van der Waals surface area contributed by atoms with Crippen LogP contribution in [0.15, 0.2) is 115 Å². The molecule has 10 nitrogen and oxygen atoms in total. The number of rotatable bonds is 11. The fraction of sp³-hybridized carbons (Fsp3) is 0.229. The highest BCUT2D eigenvalue weighted by Gasteiger charge is 2.52. The average molecular weight is 603 g/mol. The second kappa shape index (κ2) is 12.4. The number of anilines is 1. The number of allylic oxidation sites excluding steroid dienone is 1. The van der Waals surface area contributed by atoms with Crippen molar-refractivity contribution in [1.82, 2.24) is 24.8 Å². The van der Waals surface area contributed by atoms with Crippen molar-refractivity contribution in [2.45, 2.75) is 31.4 Å². The fourth-order valence-corrected chi connectivity index (χ4v) is 5.94. The molecule has 3 aromatic carbocycles. The van der Waals surface area contributed by atoms with Gasteiger partial charge in [-0.2, -0.15) is 9.78 Å². The van der Waals surface area contributed by atoms with Crippen molar-refractivity contribution in [2.24, 2.45) is 5.92 Å². The Morgan fingerprint density at radius 3 is 2.60 bits per heavy atom. The van der Waals surface area contributed by atoms with Gasteiger partial charge in [0.25, 0.3) is 11.5 Å². The Kier molecular flexibility index (Phi) is 8.25. The van der Waals surface area contributed by atoms with Gasteiger partial charge < -0.3 is 15.1 Å². The minimum atomic E-state index is -1.87. The van der Waals surface area contributed by atoms with E-state index in [2.05, 4.69) is 22.0 Å². The number of carbonyl (C=O) groups excluding carboxylic acids is 1. The van der Waals surface area contributed by atoms with Gasteiger partial charge in [0.05, 0.1) is 41.2 Å². The summed E-state index contributed by atoms with van der Waals surface area (Å²) in [5.74, 6) is -1.32. The quantitative estimate of drug-likeness (QED) is 0.218. The number of amides is 1. The number of carbonyl (C=O) groups is 1. The molecule has 6 rings (SSSR count). The maximum absolute atomic E-state index is 13.7. The van der Waals surface area contributed by atoms with E-state index in [1.54, 1.807) is 54.2 Å². The molecule has 5 aromatic rings. The van der Waals surface area contributed by atoms with Crippen molar-refractivity contribution in [3.05, 3.63) is 137 Å². The van der Waals surface area contributed by atoms with Crippen molar-refractivity contribution in [1.29, 1.82) is 0 Å². The van der Waals surface area contributed by atoms with Gasteiger partial charge in [-0.15, -0.1) is 11.7 Å².